The molecule has 0 amide bonds. The van der Waals surface area contributed by atoms with E-state index in [2.05, 4.69) is 64.8 Å². The standard InChI is InChI=1S/C15H22BSi.3CH3.Sn/c1-17(2,3)13-15-11-7-8-12-16(15)14-9-5-4-6-10-14;;;;/h4-6,9-10H,7-8,11-12H2,1-3H3;3*1H3;. The van der Waals surface area contributed by atoms with Gasteiger partial charge in [-0.15, -0.1) is 0 Å². The molecule has 0 N–H and O–H groups in total. The number of allylic oxidation sites excluding steroid dienone is 1. The van der Waals surface area contributed by atoms with Crippen LogP contribution in [0.5, 0.6) is 0 Å². The molecule has 0 aliphatic carbocycles. The second kappa shape index (κ2) is 6.66. The summed E-state index contributed by atoms with van der Waals surface area (Å²) in [6.07, 6.45) is 5.55. The molecule has 2 rings (SSSR count). The monoisotopic (exact) mass is 406 g/mol. The zero-order valence-corrected chi connectivity index (χ0v) is 18.6. The second-order valence-electron chi connectivity index (χ2n) is 8.61. The van der Waals surface area contributed by atoms with Gasteiger partial charge in [0.2, 0.25) is 0 Å². The molecule has 0 atom stereocenters. The van der Waals surface area contributed by atoms with Crippen molar-refractivity contribution in [1.29, 1.82) is 0 Å². The average molecular weight is 405 g/mol. The van der Waals surface area contributed by atoms with E-state index in [0.29, 0.717) is 0 Å². The van der Waals surface area contributed by atoms with E-state index in [1.807, 2.05) is 8.68 Å². The fraction of sp³-hybridized carbons (Fsp3) is 0.556. The number of benzene rings is 1. The molecule has 0 bridgehead atoms. The Labute approximate surface area is 137 Å². The van der Waals surface area contributed by atoms with Crippen LogP contribution in [0.1, 0.15) is 19.3 Å². The minimum atomic E-state index is -2.04. The van der Waals surface area contributed by atoms with Crippen molar-refractivity contribution in [2.75, 3.05) is 0 Å². The summed E-state index contributed by atoms with van der Waals surface area (Å²) in [6.45, 7) is 8.45. The fourth-order valence-electron chi connectivity index (χ4n) is 4.45. The van der Waals surface area contributed by atoms with Gasteiger partial charge in [0.25, 0.3) is 0 Å². The van der Waals surface area contributed by atoms with Crippen LogP contribution in [-0.4, -0.2) is 33.2 Å². The molecule has 3 heteroatoms. The summed E-state index contributed by atoms with van der Waals surface area (Å²) in [5, 5.41) is 0. The molecule has 114 valence electrons. The molecule has 1 aliphatic heterocycles. The van der Waals surface area contributed by atoms with Gasteiger partial charge >= 0.3 is 138 Å². The normalized spacial score (nSPS) is 19.6. The van der Waals surface area contributed by atoms with Crippen molar-refractivity contribution in [1.82, 2.24) is 0 Å². The first kappa shape index (κ1) is 17.4. The Hall–Kier alpha value is 0.0405. The quantitative estimate of drug-likeness (QED) is 0.610. The van der Waals surface area contributed by atoms with Crippen LogP contribution in [0.3, 0.4) is 0 Å². The minimum absolute atomic E-state index is 0.720. The maximum atomic E-state index is 2.63. The zero-order chi connectivity index (χ0) is 15.7. The average Bonchev–Trinajstić information content (AvgIpc) is 2.37. The van der Waals surface area contributed by atoms with Gasteiger partial charge in [-0.3, -0.25) is 0 Å². The Morgan fingerprint density at radius 2 is 1.62 bits per heavy atom. The predicted molar refractivity (Wildman–Crippen MR) is 104 cm³/mol. The molecular formula is C18H31BSiSn. The Bertz CT molecular complexity index is 492. The third kappa shape index (κ3) is 4.28. The third-order valence-electron chi connectivity index (χ3n) is 4.63. The van der Waals surface area contributed by atoms with Crippen molar-refractivity contribution in [3.8, 4) is 0 Å². The van der Waals surface area contributed by atoms with E-state index in [9.17, 15) is 0 Å². The van der Waals surface area contributed by atoms with Crippen LogP contribution >= 0.6 is 0 Å². The molecule has 21 heavy (non-hydrogen) atoms. The summed E-state index contributed by atoms with van der Waals surface area (Å²) in [7, 11) is -1.21. The topological polar surface area (TPSA) is 0 Å². The SMILES string of the molecule is C[Si](C)(C)/[C](=C1\CCCCB1c1ccccc1)[Sn]([CH3])([CH3])[CH3]. The van der Waals surface area contributed by atoms with Crippen molar-refractivity contribution in [3.05, 3.63) is 39.0 Å². The summed E-state index contributed by atoms with van der Waals surface area (Å²) in [6, 6.07) is 11.3. The van der Waals surface area contributed by atoms with E-state index >= 15 is 0 Å². The van der Waals surface area contributed by atoms with Crippen LogP contribution in [-0.2, 0) is 0 Å². The zero-order valence-electron chi connectivity index (χ0n) is 14.8. The van der Waals surface area contributed by atoms with Crippen LogP contribution in [0.25, 0.3) is 0 Å². The molecule has 0 spiro atoms. The summed E-state index contributed by atoms with van der Waals surface area (Å²) in [4.78, 5) is 7.89. The van der Waals surface area contributed by atoms with Gasteiger partial charge in [-0.2, -0.15) is 0 Å². The van der Waals surface area contributed by atoms with Gasteiger partial charge in [-0.05, 0) is 0 Å². The summed E-state index contributed by atoms with van der Waals surface area (Å²) in [5.74, 6) is 0. The van der Waals surface area contributed by atoms with Crippen molar-refractivity contribution in [2.45, 2.75) is 60.0 Å². The molecule has 0 radical (unpaired) electrons. The van der Waals surface area contributed by atoms with Crippen molar-refractivity contribution in [3.63, 3.8) is 0 Å². The van der Waals surface area contributed by atoms with Crippen LogP contribution in [0.15, 0.2) is 39.0 Å². The van der Waals surface area contributed by atoms with E-state index < -0.39 is 26.5 Å². The first-order chi connectivity index (χ1) is 9.71. The molecule has 1 aliphatic rings. The van der Waals surface area contributed by atoms with Gasteiger partial charge < -0.3 is 0 Å². The van der Waals surface area contributed by atoms with Crippen LogP contribution in [0.2, 0.25) is 40.8 Å². The van der Waals surface area contributed by atoms with Crippen LogP contribution < -0.4 is 5.46 Å². The van der Waals surface area contributed by atoms with Gasteiger partial charge in [-0.1, -0.05) is 0 Å². The molecular weight excluding hydrogens is 374 g/mol. The molecule has 1 heterocycles. The molecule has 0 unspecified atom stereocenters. The molecule has 0 saturated carbocycles. The summed E-state index contributed by atoms with van der Waals surface area (Å²) >= 11 is -2.04. The second-order valence-corrected chi connectivity index (χ2v) is 29.3. The van der Waals surface area contributed by atoms with Gasteiger partial charge in [0.1, 0.15) is 0 Å². The van der Waals surface area contributed by atoms with Crippen molar-refractivity contribution in [2.24, 2.45) is 0 Å². The number of hydrogen-bond acceptors (Lipinski definition) is 0. The number of rotatable bonds is 3. The first-order valence-electron chi connectivity index (χ1n) is 8.50. The van der Waals surface area contributed by atoms with Crippen molar-refractivity contribution < 1.29 is 0 Å². The van der Waals surface area contributed by atoms with Gasteiger partial charge in [-0.25, -0.2) is 0 Å². The van der Waals surface area contributed by atoms with E-state index in [-0.39, 0.29) is 0 Å². The molecule has 0 nitrogen and oxygen atoms in total. The third-order valence-corrected chi connectivity index (χ3v) is 23.1. The van der Waals surface area contributed by atoms with Gasteiger partial charge in [0, 0.05) is 0 Å². The van der Waals surface area contributed by atoms with Crippen LogP contribution in [0, 0.1) is 0 Å². The van der Waals surface area contributed by atoms with Crippen molar-refractivity contribution >= 4 is 38.6 Å². The fourth-order valence-corrected chi connectivity index (χ4v) is 30.8. The number of hydrogen-bond donors (Lipinski definition) is 0. The Kier molecular flexibility index (Phi) is 5.51. The maximum absolute atomic E-state index is 2.63. The van der Waals surface area contributed by atoms with E-state index in [4.69, 9.17) is 0 Å². The van der Waals surface area contributed by atoms with Gasteiger partial charge in [0.15, 0.2) is 0 Å². The molecule has 1 fully saturated rings. The molecule has 1 aromatic carbocycles. The first-order valence-corrected chi connectivity index (χ1v) is 22.0. The Balaban J connectivity index is 2.56. The molecule has 0 aromatic heterocycles. The van der Waals surface area contributed by atoms with E-state index in [1.165, 1.54) is 25.6 Å². The molecule has 1 aromatic rings. The Morgan fingerprint density at radius 1 is 1.00 bits per heavy atom. The summed E-state index contributed by atoms with van der Waals surface area (Å²) < 4.78 is 2.03. The van der Waals surface area contributed by atoms with Crippen LogP contribution in [0.4, 0.5) is 0 Å². The van der Waals surface area contributed by atoms with E-state index in [0.717, 1.165) is 6.71 Å². The Morgan fingerprint density at radius 3 is 2.14 bits per heavy atom. The predicted octanol–water partition coefficient (Wildman–Crippen LogP) is 5.16. The van der Waals surface area contributed by atoms with E-state index in [1.54, 1.807) is 5.46 Å². The molecule has 1 saturated heterocycles. The summed E-state index contributed by atoms with van der Waals surface area (Å²) in [5.41, 5.74) is 3.45. The van der Waals surface area contributed by atoms with Gasteiger partial charge in [0.05, 0.1) is 0 Å².